The molecule has 4 nitrogen and oxygen atoms in total. The summed E-state index contributed by atoms with van der Waals surface area (Å²) in [7, 11) is 1.50. The Balaban J connectivity index is 2.42. The molecule has 1 N–H and O–H groups in total. The molecule has 4 heteroatoms. The van der Waals surface area contributed by atoms with Crippen molar-refractivity contribution in [2.45, 2.75) is 6.10 Å². The van der Waals surface area contributed by atoms with Crippen LogP contribution in [0.4, 0.5) is 10.5 Å². The molecular formula is C11H11NO3. The topological polar surface area (TPSA) is 47.6 Å². The Kier molecular flexibility index (Phi) is 2.33. The third kappa shape index (κ3) is 1.66. The van der Waals surface area contributed by atoms with Crippen molar-refractivity contribution in [3.05, 3.63) is 42.2 Å². The third-order valence-corrected chi connectivity index (χ3v) is 2.26. The van der Waals surface area contributed by atoms with Gasteiger partial charge in [0.15, 0.2) is 6.10 Å². The summed E-state index contributed by atoms with van der Waals surface area (Å²) < 4.78 is 10.1. The molecule has 1 amide bonds. The zero-order chi connectivity index (χ0) is 10.8. The molecule has 1 aromatic rings. The summed E-state index contributed by atoms with van der Waals surface area (Å²) in [5.74, 6) is 0.414. The number of carbonyl (C=O) groups excluding carboxylic acids is 1. The van der Waals surface area contributed by atoms with E-state index in [1.54, 1.807) is 0 Å². The van der Waals surface area contributed by atoms with Gasteiger partial charge in [-0.15, -0.1) is 0 Å². The molecule has 0 radical (unpaired) electrons. The fourth-order valence-electron chi connectivity index (χ4n) is 1.50. The predicted molar refractivity (Wildman–Crippen MR) is 55.4 cm³/mol. The van der Waals surface area contributed by atoms with Crippen molar-refractivity contribution < 1.29 is 14.3 Å². The second-order valence-corrected chi connectivity index (χ2v) is 3.17. The van der Waals surface area contributed by atoms with Crippen LogP contribution < -0.4 is 5.32 Å². The number of rotatable bonds is 2. The van der Waals surface area contributed by atoms with Crippen LogP contribution in [0.5, 0.6) is 0 Å². The number of hydrogen-bond acceptors (Lipinski definition) is 3. The van der Waals surface area contributed by atoms with Crippen molar-refractivity contribution in [3.63, 3.8) is 0 Å². The van der Waals surface area contributed by atoms with Crippen LogP contribution in [-0.4, -0.2) is 13.2 Å². The highest BCUT2D eigenvalue weighted by Gasteiger charge is 2.28. The minimum atomic E-state index is -0.528. The Morgan fingerprint density at radius 2 is 2.27 bits per heavy atom. The average Bonchev–Trinajstić information content (AvgIpc) is 2.26. The summed E-state index contributed by atoms with van der Waals surface area (Å²) in [4.78, 5) is 11.2. The number of anilines is 1. The maximum absolute atomic E-state index is 11.2. The molecule has 78 valence electrons. The van der Waals surface area contributed by atoms with Gasteiger partial charge in [0.1, 0.15) is 5.76 Å². The molecule has 0 aliphatic carbocycles. The van der Waals surface area contributed by atoms with Crippen LogP contribution in [0.25, 0.3) is 0 Å². The van der Waals surface area contributed by atoms with Crippen molar-refractivity contribution >= 4 is 11.8 Å². The minimum Gasteiger partial charge on any atom is -0.497 e. The summed E-state index contributed by atoms with van der Waals surface area (Å²) in [6, 6.07) is 7.39. The lowest BCUT2D eigenvalue weighted by Gasteiger charge is -2.26. The Hall–Kier alpha value is -1.97. The zero-order valence-electron chi connectivity index (χ0n) is 8.32. The van der Waals surface area contributed by atoms with Crippen LogP contribution in [-0.2, 0) is 9.47 Å². The Morgan fingerprint density at radius 1 is 1.53 bits per heavy atom. The number of nitrogens with one attached hydrogen (secondary N) is 1. The van der Waals surface area contributed by atoms with E-state index in [1.807, 2.05) is 24.3 Å². The standard InChI is InChI=1S/C11H11NO3/c1-7(14-2)10-8-5-3-4-6-9(8)12-11(13)15-10/h3-6,10H,1H2,2H3,(H,12,13). The molecule has 0 saturated heterocycles. The molecule has 0 aromatic heterocycles. The van der Waals surface area contributed by atoms with Crippen LogP contribution in [0.3, 0.4) is 0 Å². The van der Waals surface area contributed by atoms with Crippen molar-refractivity contribution in [1.29, 1.82) is 0 Å². The molecule has 1 atom stereocenters. The van der Waals surface area contributed by atoms with E-state index >= 15 is 0 Å². The van der Waals surface area contributed by atoms with Gasteiger partial charge in [0.2, 0.25) is 0 Å². The van der Waals surface area contributed by atoms with Crippen LogP contribution in [0, 0.1) is 0 Å². The Bertz CT molecular complexity index is 414. The molecule has 1 aliphatic rings. The zero-order valence-corrected chi connectivity index (χ0v) is 8.32. The van der Waals surface area contributed by atoms with Gasteiger partial charge in [0, 0.05) is 5.56 Å². The number of methoxy groups -OCH3 is 1. The lowest BCUT2D eigenvalue weighted by Crippen LogP contribution is -2.25. The molecule has 1 unspecified atom stereocenters. The van der Waals surface area contributed by atoms with Crippen molar-refractivity contribution in [1.82, 2.24) is 0 Å². The fraction of sp³-hybridized carbons (Fsp3) is 0.182. The Labute approximate surface area is 87.5 Å². The van der Waals surface area contributed by atoms with Gasteiger partial charge in [-0.25, -0.2) is 4.79 Å². The van der Waals surface area contributed by atoms with E-state index in [-0.39, 0.29) is 0 Å². The van der Waals surface area contributed by atoms with E-state index < -0.39 is 12.2 Å². The molecule has 1 aromatic carbocycles. The van der Waals surface area contributed by atoms with E-state index in [0.29, 0.717) is 5.76 Å². The van der Waals surface area contributed by atoms with Crippen molar-refractivity contribution in [2.24, 2.45) is 0 Å². The summed E-state index contributed by atoms with van der Waals surface area (Å²) in [6.45, 7) is 3.70. The first-order chi connectivity index (χ1) is 7.22. The molecule has 0 bridgehead atoms. The monoisotopic (exact) mass is 205 g/mol. The van der Waals surface area contributed by atoms with E-state index in [4.69, 9.17) is 9.47 Å². The summed E-state index contributed by atoms with van der Waals surface area (Å²) in [6.07, 6.45) is -1.02. The molecule has 15 heavy (non-hydrogen) atoms. The maximum atomic E-state index is 11.2. The number of amides is 1. The first-order valence-electron chi connectivity index (χ1n) is 4.51. The number of carbonyl (C=O) groups is 1. The second kappa shape index (κ2) is 3.65. The van der Waals surface area contributed by atoms with Gasteiger partial charge in [0.05, 0.1) is 12.8 Å². The minimum absolute atomic E-state index is 0.414. The number of benzene rings is 1. The fourth-order valence-corrected chi connectivity index (χ4v) is 1.50. The molecule has 1 aliphatic heterocycles. The molecule has 1 heterocycles. The van der Waals surface area contributed by atoms with Gasteiger partial charge in [-0.05, 0) is 6.07 Å². The van der Waals surface area contributed by atoms with Gasteiger partial charge in [-0.1, -0.05) is 24.8 Å². The normalized spacial score (nSPS) is 18.5. The van der Waals surface area contributed by atoms with E-state index in [1.165, 1.54) is 7.11 Å². The molecular weight excluding hydrogens is 194 g/mol. The van der Waals surface area contributed by atoms with E-state index in [2.05, 4.69) is 11.9 Å². The highest BCUT2D eigenvalue weighted by molar-refractivity contribution is 5.88. The first kappa shape index (κ1) is 9.58. The van der Waals surface area contributed by atoms with Crippen LogP contribution >= 0.6 is 0 Å². The number of fused-ring (bicyclic) bond motifs is 1. The van der Waals surface area contributed by atoms with Gasteiger partial charge in [0.25, 0.3) is 0 Å². The largest absolute Gasteiger partial charge is 0.497 e. The quantitative estimate of drug-likeness (QED) is 0.754. The van der Waals surface area contributed by atoms with Gasteiger partial charge in [-0.2, -0.15) is 0 Å². The smallest absolute Gasteiger partial charge is 0.412 e. The Morgan fingerprint density at radius 3 is 3.00 bits per heavy atom. The predicted octanol–water partition coefficient (Wildman–Crippen LogP) is 2.45. The summed E-state index contributed by atoms with van der Waals surface area (Å²) >= 11 is 0. The second-order valence-electron chi connectivity index (χ2n) is 3.17. The van der Waals surface area contributed by atoms with E-state index in [9.17, 15) is 4.79 Å². The lowest BCUT2D eigenvalue weighted by molar-refractivity contribution is 0.0879. The van der Waals surface area contributed by atoms with Crippen LogP contribution in [0.1, 0.15) is 11.7 Å². The van der Waals surface area contributed by atoms with Crippen molar-refractivity contribution in [3.8, 4) is 0 Å². The highest BCUT2D eigenvalue weighted by Crippen LogP contribution is 2.34. The number of cyclic esters (lactones) is 1. The van der Waals surface area contributed by atoms with Crippen molar-refractivity contribution in [2.75, 3.05) is 12.4 Å². The third-order valence-electron chi connectivity index (χ3n) is 2.26. The average molecular weight is 205 g/mol. The SMILES string of the molecule is C=C(OC)C1OC(=O)Nc2ccccc21. The maximum Gasteiger partial charge on any atom is 0.412 e. The van der Waals surface area contributed by atoms with Gasteiger partial charge >= 0.3 is 6.09 Å². The summed E-state index contributed by atoms with van der Waals surface area (Å²) in [5, 5.41) is 2.61. The molecule has 0 saturated carbocycles. The van der Waals surface area contributed by atoms with E-state index in [0.717, 1.165) is 11.3 Å². The molecule has 0 spiro atoms. The summed E-state index contributed by atoms with van der Waals surface area (Å²) in [5.41, 5.74) is 1.58. The molecule has 0 fully saturated rings. The van der Waals surface area contributed by atoms with Crippen LogP contribution in [0.15, 0.2) is 36.6 Å². The van der Waals surface area contributed by atoms with Gasteiger partial charge < -0.3 is 9.47 Å². The highest BCUT2D eigenvalue weighted by atomic mass is 16.6. The number of para-hydroxylation sites is 1. The first-order valence-corrected chi connectivity index (χ1v) is 4.51. The van der Waals surface area contributed by atoms with Gasteiger partial charge in [-0.3, -0.25) is 5.32 Å². The number of ether oxygens (including phenoxy) is 2. The number of hydrogen-bond donors (Lipinski definition) is 1. The molecule has 2 rings (SSSR count). The van der Waals surface area contributed by atoms with Crippen LogP contribution in [0.2, 0.25) is 0 Å². The lowest BCUT2D eigenvalue weighted by atomic mass is 10.0.